The van der Waals surface area contributed by atoms with Crippen LogP contribution in [0, 0.1) is 0 Å². The van der Waals surface area contributed by atoms with E-state index >= 15 is 0 Å². The molecule has 0 radical (unpaired) electrons. The highest BCUT2D eigenvalue weighted by atomic mass is 16.2. The number of carbonyl (C=O) groups excluding carboxylic acids is 1. The fraction of sp³-hybridized carbons (Fsp3) is 0.385. The van der Waals surface area contributed by atoms with E-state index in [1.165, 1.54) is 0 Å². The highest BCUT2D eigenvalue weighted by Crippen LogP contribution is 2.12. The van der Waals surface area contributed by atoms with Crippen molar-refractivity contribution < 1.29 is 4.79 Å². The Balaban J connectivity index is 2.24. The molecule has 1 aromatic carbocycles. The predicted molar refractivity (Wildman–Crippen MR) is 68.1 cm³/mol. The van der Waals surface area contributed by atoms with Gasteiger partial charge in [-0.1, -0.05) is 25.5 Å². The lowest BCUT2D eigenvalue weighted by molar-refractivity contribution is 0.211. The van der Waals surface area contributed by atoms with Gasteiger partial charge in [0.25, 0.3) is 0 Å². The maximum absolute atomic E-state index is 12.2. The molecule has 0 saturated carbocycles. The van der Waals surface area contributed by atoms with Crippen molar-refractivity contribution in [2.24, 2.45) is 0 Å². The van der Waals surface area contributed by atoms with Crippen molar-refractivity contribution in [2.75, 3.05) is 13.6 Å². The molecule has 0 saturated heterocycles. The zero-order valence-corrected chi connectivity index (χ0v) is 10.3. The minimum Gasteiger partial charge on any atom is -0.327 e. The summed E-state index contributed by atoms with van der Waals surface area (Å²) in [5.41, 5.74) is 1.71. The molecule has 0 unspecified atom stereocenters. The number of fused-ring (bicyclic) bond motifs is 1. The van der Waals surface area contributed by atoms with Gasteiger partial charge in [0.2, 0.25) is 0 Å². The maximum atomic E-state index is 12.2. The largest absolute Gasteiger partial charge is 0.329 e. The molecule has 0 atom stereocenters. The van der Waals surface area contributed by atoms with Crippen LogP contribution in [0.4, 0.5) is 4.79 Å². The van der Waals surface area contributed by atoms with E-state index in [2.05, 4.69) is 11.9 Å². The number of imidazole rings is 1. The van der Waals surface area contributed by atoms with Crippen molar-refractivity contribution in [3.63, 3.8) is 0 Å². The van der Waals surface area contributed by atoms with Gasteiger partial charge in [0.15, 0.2) is 0 Å². The lowest BCUT2D eigenvalue weighted by Gasteiger charge is -2.17. The van der Waals surface area contributed by atoms with Crippen molar-refractivity contribution in [1.82, 2.24) is 14.5 Å². The predicted octanol–water partition coefficient (Wildman–Crippen LogP) is 2.74. The molecule has 0 spiro atoms. The first-order valence-electron chi connectivity index (χ1n) is 5.91. The zero-order valence-electron chi connectivity index (χ0n) is 10.3. The van der Waals surface area contributed by atoms with Crippen LogP contribution < -0.4 is 0 Å². The van der Waals surface area contributed by atoms with E-state index in [0.717, 1.165) is 30.4 Å². The van der Waals surface area contributed by atoms with Crippen LogP contribution in [-0.4, -0.2) is 34.1 Å². The molecule has 0 aliphatic heterocycles. The Morgan fingerprint density at radius 2 is 2.18 bits per heavy atom. The van der Waals surface area contributed by atoms with E-state index in [9.17, 15) is 4.79 Å². The Morgan fingerprint density at radius 1 is 1.41 bits per heavy atom. The molecule has 4 nitrogen and oxygen atoms in total. The number of benzene rings is 1. The van der Waals surface area contributed by atoms with E-state index in [1.54, 1.807) is 15.8 Å². The molecular weight excluding hydrogens is 214 g/mol. The number of hydrogen-bond acceptors (Lipinski definition) is 2. The van der Waals surface area contributed by atoms with Gasteiger partial charge in [-0.2, -0.15) is 0 Å². The molecule has 0 aliphatic carbocycles. The number of aromatic nitrogens is 2. The van der Waals surface area contributed by atoms with Crippen molar-refractivity contribution in [3.8, 4) is 0 Å². The Bertz CT molecular complexity index is 518. The van der Waals surface area contributed by atoms with E-state index in [4.69, 9.17) is 0 Å². The van der Waals surface area contributed by atoms with Gasteiger partial charge in [-0.25, -0.2) is 9.78 Å². The van der Waals surface area contributed by atoms with Crippen LogP contribution in [-0.2, 0) is 0 Å². The van der Waals surface area contributed by atoms with Crippen molar-refractivity contribution >= 4 is 17.1 Å². The smallest absolute Gasteiger partial charge is 0.327 e. The van der Waals surface area contributed by atoms with Crippen LogP contribution in [0.25, 0.3) is 11.0 Å². The summed E-state index contributed by atoms with van der Waals surface area (Å²) in [6.07, 6.45) is 3.70. The molecule has 2 rings (SSSR count). The molecule has 1 heterocycles. The monoisotopic (exact) mass is 231 g/mol. The molecule has 90 valence electrons. The molecule has 0 bridgehead atoms. The van der Waals surface area contributed by atoms with Gasteiger partial charge in [0, 0.05) is 13.6 Å². The summed E-state index contributed by atoms with van der Waals surface area (Å²) in [7, 11) is 1.83. The second-order valence-electron chi connectivity index (χ2n) is 4.16. The SMILES string of the molecule is CCCCN(C)C(=O)n1cnc2ccccc21. The summed E-state index contributed by atoms with van der Waals surface area (Å²) in [5, 5.41) is 0. The Kier molecular flexibility index (Phi) is 3.42. The topological polar surface area (TPSA) is 38.1 Å². The second kappa shape index (κ2) is 4.99. The van der Waals surface area contributed by atoms with E-state index in [-0.39, 0.29) is 6.03 Å². The Hall–Kier alpha value is -1.84. The zero-order chi connectivity index (χ0) is 12.3. The van der Waals surface area contributed by atoms with Gasteiger partial charge in [-0.05, 0) is 18.6 Å². The highest BCUT2D eigenvalue weighted by molar-refractivity contribution is 5.88. The third-order valence-electron chi connectivity index (χ3n) is 2.83. The third-order valence-corrected chi connectivity index (χ3v) is 2.83. The van der Waals surface area contributed by atoms with Crippen LogP contribution in [0.15, 0.2) is 30.6 Å². The summed E-state index contributed by atoms with van der Waals surface area (Å²) >= 11 is 0. The molecule has 2 aromatic rings. The number of hydrogen-bond donors (Lipinski definition) is 0. The van der Waals surface area contributed by atoms with Crippen LogP contribution in [0.5, 0.6) is 0 Å². The molecule has 4 heteroatoms. The summed E-state index contributed by atoms with van der Waals surface area (Å²) < 4.78 is 1.60. The number of nitrogens with zero attached hydrogens (tertiary/aromatic N) is 3. The van der Waals surface area contributed by atoms with Gasteiger partial charge in [-0.3, -0.25) is 4.57 Å². The third kappa shape index (κ3) is 2.30. The first-order valence-corrected chi connectivity index (χ1v) is 5.91. The van der Waals surface area contributed by atoms with Crippen LogP contribution in [0.1, 0.15) is 19.8 Å². The van der Waals surface area contributed by atoms with Crippen LogP contribution in [0.3, 0.4) is 0 Å². The fourth-order valence-electron chi connectivity index (χ4n) is 1.79. The lowest BCUT2D eigenvalue weighted by Crippen LogP contribution is -2.31. The Morgan fingerprint density at radius 3 is 2.94 bits per heavy atom. The van der Waals surface area contributed by atoms with Crippen molar-refractivity contribution in [3.05, 3.63) is 30.6 Å². The summed E-state index contributed by atoms with van der Waals surface area (Å²) in [4.78, 5) is 18.1. The molecule has 1 amide bonds. The van der Waals surface area contributed by atoms with Gasteiger partial charge in [-0.15, -0.1) is 0 Å². The number of unbranched alkanes of at least 4 members (excludes halogenated alkanes) is 1. The minimum atomic E-state index is -0.0212. The molecule has 1 aromatic heterocycles. The van der Waals surface area contributed by atoms with Crippen molar-refractivity contribution in [2.45, 2.75) is 19.8 Å². The molecule has 0 fully saturated rings. The average Bonchev–Trinajstić information content (AvgIpc) is 2.78. The number of para-hydroxylation sites is 2. The quantitative estimate of drug-likeness (QED) is 0.814. The highest BCUT2D eigenvalue weighted by Gasteiger charge is 2.13. The summed E-state index contributed by atoms with van der Waals surface area (Å²) in [6, 6.07) is 7.64. The van der Waals surface area contributed by atoms with Gasteiger partial charge < -0.3 is 4.90 Å². The second-order valence-corrected chi connectivity index (χ2v) is 4.16. The van der Waals surface area contributed by atoms with Gasteiger partial charge in [0.1, 0.15) is 6.33 Å². The van der Waals surface area contributed by atoms with Gasteiger partial charge >= 0.3 is 6.03 Å². The van der Waals surface area contributed by atoms with Gasteiger partial charge in [0.05, 0.1) is 11.0 Å². The van der Waals surface area contributed by atoms with Crippen LogP contribution >= 0.6 is 0 Å². The van der Waals surface area contributed by atoms with E-state index in [1.807, 2.05) is 31.3 Å². The van der Waals surface area contributed by atoms with Crippen LogP contribution in [0.2, 0.25) is 0 Å². The number of amides is 1. The summed E-state index contributed by atoms with van der Waals surface area (Å²) in [6.45, 7) is 2.90. The molecule has 0 aliphatic rings. The normalized spacial score (nSPS) is 10.7. The minimum absolute atomic E-state index is 0.0212. The Labute approximate surface area is 101 Å². The number of carbonyl (C=O) groups is 1. The standard InChI is InChI=1S/C13H17N3O/c1-3-4-9-15(2)13(17)16-10-14-11-7-5-6-8-12(11)16/h5-8,10H,3-4,9H2,1-2H3. The molecule has 17 heavy (non-hydrogen) atoms. The average molecular weight is 231 g/mol. The first kappa shape index (κ1) is 11.6. The maximum Gasteiger partial charge on any atom is 0.329 e. The summed E-state index contributed by atoms with van der Waals surface area (Å²) in [5.74, 6) is 0. The number of rotatable bonds is 3. The molecular formula is C13H17N3O. The first-order chi connectivity index (χ1) is 8.24. The molecule has 0 N–H and O–H groups in total. The van der Waals surface area contributed by atoms with E-state index in [0.29, 0.717) is 0 Å². The lowest BCUT2D eigenvalue weighted by atomic mass is 10.3. The van der Waals surface area contributed by atoms with E-state index < -0.39 is 0 Å². The fourth-order valence-corrected chi connectivity index (χ4v) is 1.79. The van der Waals surface area contributed by atoms with Crippen molar-refractivity contribution in [1.29, 1.82) is 0 Å².